The molecule has 5 rings (SSSR count). The summed E-state index contributed by atoms with van der Waals surface area (Å²) in [6.45, 7) is 2.31. The van der Waals surface area contributed by atoms with E-state index >= 15 is 0 Å². The Kier molecular flexibility index (Phi) is 5.56. The molecule has 0 saturated heterocycles. The number of ether oxygens (including phenoxy) is 3. The van der Waals surface area contributed by atoms with Gasteiger partial charge in [-0.3, -0.25) is 4.79 Å². The Bertz CT molecular complexity index is 1620. The fourth-order valence-electron chi connectivity index (χ4n) is 4.41. The Morgan fingerprint density at radius 3 is 2.26 bits per heavy atom. The summed E-state index contributed by atoms with van der Waals surface area (Å²) in [6, 6.07) is 19.0. The van der Waals surface area contributed by atoms with Gasteiger partial charge in [0.2, 0.25) is 0 Å². The summed E-state index contributed by atoms with van der Waals surface area (Å²) in [4.78, 5) is 13.9. The van der Waals surface area contributed by atoms with Crippen LogP contribution in [0.15, 0.2) is 65.5 Å². The van der Waals surface area contributed by atoms with E-state index in [2.05, 4.69) is 0 Å². The Morgan fingerprint density at radius 2 is 1.60 bits per heavy atom. The largest absolute Gasteiger partial charge is 0.497 e. The van der Waals surface area contributed by atoms with Gasteiger partial charge in [-0.05, 0) is 42.3 Å². The highest BCUT2D eigenvalue weighted by molar-refractivity contribution is 6.08. The van der Waals surface area contributed by atoms with E-state index in [9.17, 15) is 4.79 Å². The first-order valence-electron chi connectivity index (χ1n) is 11.1. The average molecular weight is 471 g/mol. The van der Waals surface area contributed by atoms with Gasteiger partial charge in [0.05, 0.1) is 39.1 Å². The number of hydrogen-bond acceptors (Lipinski definition) is 6. The lowest BCUT2D eigenvalue weighted by atomic mass is 10.1. The van der Waals surface area contributed by atoms with E-state index in [0.717, 1.165) is 28.0 Å². The lowest BCUT2D eigenvalue weighted by Gasteiger charge is -2.15. The molecule has 8 heteroatoms. The maximum atomic E-state index is 13.9. The zero-order valence-corrected chi connectivity index (χ0v) is 20.0. The van der Waals surface area contributed by atoms with Crippen LogP contribution in [0, 0.1) is 6.92 Å². The summed E-state index contributed by atoms with van der Waals surface area (Å²) < 4.78 is 19.7. The molecule has 0 saturated carbocycles. The van der Waals surface area contributed by atoms with Crippen LogP contribution in [-0.2, 0) is 6.54 Å². The molecule has 2 aromatic heterocycles. The number of aryl methyl sites for hydroxylation is 1. The Labute approximate surface area is 202 Å². The number of para-hydroxylation sites is 1. The predicted molar refractivity (Wildman–Crippen MR) is 137 cm³/mol. The molecule has 35 heavy (non-hydrogen) atoms. The first-order valence-corrected chi connectivity index (χ1v) is 11.1. The molecule has 0 fully saturated rings. The number of methoxy groups -OCH3 is 3. The third kappa shape index (κ3) is 3.63. The molecule has 0 amide bonds. The molecule has 0 spiro atoms. The van der Waals surface area contributed by atoms with Crippen LogP contribution in [0.25, 0.3) is 27.5 Å². The van der Waals surface area contributed by atoms with Crippen LogP contribution < -0.4 is 25.5 Å². The van der Waals surface area contributed by atoms with Crippen LogP contribution in [0.5, 0.6) is 17.2 Å². The molecule has 2 heterocycles. The lowest BCUT2D eigenvalue weighted by Crippen LogP contribution is -2.22. The van der Waals surface area contributed by atoms with Gasteiger partial charge in [0.1, 0.15) is 22.5 Å². The van der Waals surface area contributed by atoms with Crippen molar-refractivity contribution in [1.82, 2.24) is 14.3 Å². The number of benzene rings is 3. The smallest absolute Gasteiger partial charge is 0.264 e. The molecule has 8 nitrogen and oxygen atoms in total. The predicted octanol–water partition coefficient (Wildman–Crippen LogP) is 4.31. The molecule has 3 aromatic carbocycles. The Balaban J connectivity index is 1.85. The zero-order valence-electron chi connectivity index (χ0n) is 20.0. The third-order valence-corrected chi connectivity index (χ3v) is 6.27. The van der Waals surface area contributed by atoms with Gasteiger partial charge in [-0.1, -0.05) is 30.3 Å². The fourth-order valence-corrected chi connectivity index (χ4v) is 4.41. The number of anilines is 1. The van der Waals surface area contributed by atoms with Crippen LogP contribution in [0.3, 0.4) is 0 Å². The number of nitrogens with zero attached hydrogens (tertiary/aromatic N) is 3. The van der Waals surface area contributed by atoms with Gasteiger partial charge in [-0.25, -0.2) is 4.68 Å². The van der Waals surface area contributed by atoms with Crippen molar-refractivity contribution in [3.8, 4) is 22.9 Å². The minimum Gasteiger partial charge on any atom is -0.497 e. The third-order valence-electron chi connectivity index (χ3n) is 6.27. The lowest BCUT2D eigenvalue weighted by molar-refractivity contribution is 0.355. The van der Waals surface area contributed by atoms with Gasteiger partial charge < -0.3 is 24.5 Å². The Hall–Kier alpha value is -4.46. The molecule has 0 bridgehead atoms. The first-order chi connectivity index (χ1) is 17.0. The van der Waals surface area contributed by atoms with Crippen molar-refractivity contribution in [2.75, 3.05) is 27.1 Å². The second-order valence-corrected chi connectivity index (χ2v) is 8.27. The normalized spacial score (nSPS) is 11.2. The molecule has 2 N–H and O–H groups in total. The van der Waals surface area contributed by atoms with Crippen molar-refractivity contribution in [3.05, 3.63) is 82.1 Å². The van der Waals surface area contributed by atoms with Crippen molar-refractivity contribution in [1.29, 1.82) is 0 Å². The highest BCUT2D eigenvalue weighted by Gasteiger charge is 2.22. The van der Waals surface area contributed by atoms with Crippen LogP contribution in [0.4, 0.5) is 5.82 Å². The summed E-state index contributed by atoms with van der Waals surface area (Å²) in [6.07, 6.45) is 0. The maximum absolute atomic E-state index is 13.9. The van der Waals surface area contributed by atoms with E-state index < -0.39 is 0 Å². The van der Waals surface area contributed by atoms with Crippen molar-refractivity contribution in [3.63, 3.8) is 0 Å². The van der Waals surface area contributed by atoms with Crippen molar-refractivity contribution < 1.29 is 14.2 Å². The standard InChI is InChI=1S/C27H26N4O4/c1-16-7-5-6-8-20(16)31-26(28)24-25(29-31)19-13-22(34-3)23(35-4)14-21(19)30(27(24)32)15-17-9-11-18(33-2)12-10-17/h5-14H,15,28H2,1-4H3. The number of nitrogens with two attached hydrogens (primary N) is 1. The number of fused-ring (bicyclic) bond motifs is 3. The van der Waals surface area contributed by atoms with Crippen LogP contribution in [-0.4, -0.2) is 35.7 Å². The molecule has 0 atom stereocenters. The monoisotopic (exact) mass is 470 g/mol. The van der Waals surface area contributed by atoms with Gasteiger partial charge in [-0.2, -0.15) is 5.10 Å². The number of hydrogen-bond donors (Lipinski definition) is 1. The van der Waals surface area contributed by atoms with E-state index in [1.54, 1.807) is 30.6 Å². The average Bonchev–Trinajstić information content (AvgIpc) is 3.23. The first kappa shape index (κ1) is 22.3. The summed E-state index contributed by atoms with van der Waals surface area (Å²) in [5.41, 5.74) is 10.3. The zero-order chi connectivity index (χ0) is 24.7. The minimum atomic E-state index is -0.229. The summed E-state index contributed by atoms with van der Waals surface area (Å²) in [5, 5.41) is 5.90. The second kappa shape index (κ2) is 8.72. The van der Waals surface area contributed by atoms with Gasteiger partial charge in [-0.15, -0.1) is 0 Å². The van der Waals surface area contributed by atoms with E-state index in [-0.39, 0.29) is 5.56 Å². The van der Waals surface area contributed by atoms with Crippen molar-refractivity contribution in [2.45, 2.75) is 13.5 Å². The van der Waals surface area contributed by atoms with E-state index in [0.29, 0.717) is 40.3 Å². The second-order valence-electron chi connectivity index (χ2n) is 8.27. The number of rotatable bonds is 6. The molecule has 0 radical (unpaired) electrons. The van der Waals surface area contributed by atoms with E-state index in [1.165, 1.54) is 0 Å². The molecular formula is C27H26N4O4. The maximum Gasteiger partial charge on any atom is 0.264 e. The molecule has 0 unspecified atom stereocenters. The number of nitrogen functional groups attached to an aromatic ring is 1. The molecule has 0 aliphatic rings. The van der Waals surface area contributed by atoms with Crippen LogP contribution in [0.2, 0.25) is 0 Å². The van der Waals surface area contributed by atoms with Gasteiger partial charge in [0.15, 0.2) is 11.5 Å². The van der Waals surface area contributed by atoms with Gasteiger partial charge >= 0.3 is 0 Å². The quantitative estimate of drug-likeness (QED) is 0.398. The molecular weight excluding hydrogens is 444 g/mol. The van der Waals surface area contributed by atoms with E-state index in [4.69, 9.17) is 25.0 Å². The highest BCUT2D eigenvalue weighted by Crippen LogP contribution is 2.36. The minimum absolute atomic E-state index is 0.229. The van der Waals surface area contributed by atoms with Gasteiger partial charge in [0.25, 0.3) is 5.56 Å². The molecule has 0 aliphatic heterocycles. The Morgan fingerprint density at radius 1 is 0.914 bits per heavy atom. The fraction of sp³-hybridized carbons (Fsp3) is 0.185. The highest BCUT2D eigenvalue weighted by atomic mass is 16.5. The number of aromatic nitrogens is 3. The molecule has 5 aromatic rings. The molecule has 178 valence electrons. The van der Waals surface area contributed by atoms with E-state index in [1.807, 2.05) is 67.6 Å². The summed E-state index contributed by atoms with van der Waals surface area (Å²) in [7, 11) is 4.77. The van der Waals surface area contributed by atoms with Crippen LogP contribution >= 0.6 is 0 Å². The summed E-state index contributed by atoms with van der Waals surface area (Å²) in [5.74, 6) is 2.10. The molecule has 0 aliphatic carbocycles. The number of pyridine rings is 1. The van der Waals surface area contributed by atoms with Crippen molar-refractivity contribution >= 4 is 27.6 Å². The summed E-state index contributed by atoms with van der Waals surface area (Å²) >= 11 is 0. The van der Waals surface area contributed by atoms with Crippen LogP contribution in [0.1, 0.15) is 11.1 Å². The SMILES string of the molecule is COc1ccc(Cn2c(=O)c3c(N)n(-c4ccccc4C)nc3c3cc(OC)c(OC)cc32)cc1. The van der Waals surface area contributed by atoms with Gasteiger partial charge in [0, 0.05) is 11.5 Å². The van der Waals surface area contributed by atoms with Crippen molar-refractivity contribution in [2.24, 2.45) is 0 Å². The topological polar surface area (TPSA) is 93.5 Å².